The Kier molecular flexibility index (Phi) is 7.01. The molecule has 1 heterocycles. The first kappa shape index (κ1) is 18.1. The third-order valence-electron chi connectivity index (χ3n) is 3.69. The fourth-order valence-corrected chi connectivity index (χ4v) is 2.36. The minimum absolute atomic E-state index is 0.121. The topological polar surface area (TPSA) is 104 Å². The summed E-state index contributed by atoms with van der Waals surface area (Å²) in [4.78, 5) is 46.7. The average molecular weight is 312 g/mol. The molecule has 124 valence electrons. The lowest BCUT2D eigenvalue weighted by atomic mass is 10.0. The van der Waals surface area contributed by atoms with Gasteiger partial charge >= 0.3 is 5.97 Å². The van der Waals surface area contributed by atoms with Crippen LogP contribution in [0.25, 0.3) is 0 Å². The Hall–Kier alpha value is -1.92. The number of nitrogens with one attached hydrogen (secondary N) is 1. The van der Waals surface area contributed by atoms with Crippen LogP contribution in [0.4, 0.5) is 0 Å². The van der Waals surface area contributed by atoms with Crippen molar-refractivity contribution < 1.29 is 24.3 Å². The Morgan fingerprint density at radius 1 is 1.14 bits per heavy atom. The zero-order valence-corrected chi connectivity index (χ0v) is 13.1. The summed E-state index contributed by atoms with van der Waals surface area (Å²) < 4.78 is 0. The molecule has 22 heavy (non-hydrogen) atoms. The number of hydrogen-bond acceptors (Lipinski definition) is 4. The highest BCUT2D eigenvalue weighted by atomic mass is 16.4. The first-order chi connectivity index (χ1) is 10.3. The molecule has 1 aliphatic rings. The number of carbonyl (C=O) groups excluding carboxylic acids is 3. The molecule has 1 saturated heterocycles. The monoisotopic (exact) mass is 312 g/mol. The number of hydrogen-bond donors (Lipinski definition) is 2. The van der Waals surface area contributed by atoms with Gasteiger partial charge in [0.15, 0.2) is 0 Å². The number of rotatable bonds is 9. The summed E-state index contributed by atoms with van der Waals surface area (Å²) in [5.74, 6) is -1.73. The van der Waals surface area contributed by atoms with Crippen molar-refractivity contribution in [2.45, 2.75) is 58.4 Å². The molecule has 0 unspecified atom stereocenters. The SMILES string of the molecule is CC(C)[C@H](NC(=O)CCCCCN1C(=O)CCC1=O)C(=O)O. The van der Waals surface area contributed by atoms with Gasteiger partial charge in [0.05, 0.1) is 0 Å². The third-order valence-corrected chi connectivity index (χ3v) is 3.69. The van der Waals surface area contributed by atoms with Crippen molar-refractivity contribution in [2.75, 3.05) is 6.54 Å². The first-order valence-corrected chi connectivity index (χ1v) is 7.68. The predicted octanol–water partition coefficient (Wildman–Crippen LogP) is 0.921. The van der Waals surface area contributed by atoms with Gasteiger partial charge in [0.2, 0.25) is 17.7 Å². The number of unbranched alkanes of at least 4 members (excludes halogenated alkanes) is 2. The maximum atomic E-state index is 11.7. The van der Waals surface area contributed by atoms with Crippen LogP contribution in [0.3, 0.4) is 0 Å². The molecule has 2 N–H and O–H groups in total. The number of carboxylic acids is 1. The zero-order valence-electron chi connectivity index (χ0n) is 13.1. The minimum atomic E-state index is -1.03. The number of aliphatic carboxylic acids is 1. The van der Waals surface area contributed by atoms with Gasteiger partial charge in [-0.05, 0) is 18.8 Å². The lowest BCUT2D eigenvalue weighted by molar-refractivity contribution is -0.143. The van der Waals surface area contributed by atoms with Crippen molar-refractivity contribution in [3.8, 4) is 0 Å². The summed E-state index contributed by atoms with van der Waals surface area (Å²) in [6.07, 6.45) is 2.83. The Balaban J connectivity index is 2.18. The fourth-order valence-electron chi connectivity index (χ4n) is 2.36. The number of likely N-dealkylation sites (tertiary alicyclic amines) is 1. The summed E-state index contributed by atoms with van der Waals surface area (Å²) in [5, 5.41) is 11.5. The Morgan fingerprint density at radius 3 is 2.23 bits per heavy atom. The van der Waals surface area contributed by atoms with Gasteiger partial charge in [0, 0.05) is 25.8 Å². The second kappa shape index (κ2) is 8.51. The van der Waals surface area contributed by atoms with Crippen LogP contribution in [-0.2, 0) is 19.2 Å². The van der Waals surface area contributed by atoms with Gasteiger partial charge in [0.25, 0.3) is 0 Å². The summed E-state index contributed by atoms with van der Waals surface area (Å²) in [6.45, 7) is 3.88. The second-order valence-electron chi connectivity index (χ2n) is 5.88. The minimum Gasteiger partial charge on any atom is -0.480 e. The van der Waals surface area contributed by atoms with E-state index in [1.165, 1.54) is 4.90 Å². The quantitative estimate of drug-likeness (QED) is 0.487. The number of carbonyl (C=O) groups is 4. The van der Waals surface area contributed by atoms with Crippen molar-refractivity contribution in [3.05, 3.63) is 0 Å². The van der Waals surface area contributed by atoms with Crippen LogP contribution in [0.1, 0.15) is 52.4 Å². The summed E-state index contributed by atoms with van der Waals surface area (Å²) >= 11 is 0. The van der Waals surface area contributed by atoms with E-state index in [9.17, 15) is 19.2 Å². The fraction of sp³-hybridized carbons (Fsp3) is 0.733. The summed E-state index contributed by atoms with van der Waals surface area (Å²) in [7, 11) is 0. The van der Waals surface area contributed by atoms with Crippen LogP contribution in [0.2, 0.25) is 0 Å². The highest BCUT2D eigenvalue weighted by molar-refractivity contribution is 6.01. The molecule has 1 fully saturated rings. The third kappa shape index (κ3) is 5.46. The van der Waals surface area contributed by atoms with E-state index in [0.29, 0.717) is 38.6 Å². The van der Waals surface area contributed by atoms with Gasteiger partial charge in [-0.15, -0.1) is 0 Å². The number of nitrogens with zero attached hydrogens (tertiary/aromatic N) is 1. The highest BCUT2D eigenvalue weighted by Gasteiger charge is 2.28. The van der Waals surface area contributed by atoms with Gasteiger partial charge in [-0.25, -0.2) is 4.79 Å². The van der Waals surface area contributed by atoms with Crippen LogP contribution in [-0.4, -0.2) is 46.3 Å². The van der Waals surface area contributed by atoms with Gasteiger partial charge in [0.1, 0.15) is 6.04 Å². The molecule has 0 radical (unpaired) electrons. The molecule has 0 spiro atoms. The van der Waals surface area contributed by atoms with Crippen LogP contribution < -0.4 is 5.32 Å². The normalized spacial score (nSPS) is 16.2. The molecule has 0 saturated carbocycles. The summed E-state index contributed by atoms with van der Waals surface area (Å²) in [6, 6.07) is -0.868. The molecular formula is C15H24N2O5. The van der Waals surface area contributed by atoms with E-state index in [-0.39, 0.29) is 30.1 Å². The van der Waals surface area contributed by atoms with Crippen LogP contribution in [0.5, 0.6) is 0 Å². The molecule has 3 amide bonds. The smallest absolute Gasteiger partial charge is 0.326 e. The molecule has 0 bridgehead atoms. The van der Waals surface area contributed by atoms with Crippen LogP contribution in [0, 0.1) is 5.92 Å². The standard InChI is InChI=1S/C15H24N2O5/c1-10(2)14(15(21)22)16-11(18)6-4-3-5-9-17-12(19)7-8-13(17)20/h10,14H,3-9H2,1-2H3,(H,16,18)(H,21,22)/t14-/m0/s1. The molecule has 1 atom stereocenters. The van der Waals surface area contributed by atoms with E-state index >= 15 is 0 Å². The largest absolute Gasteiger partial charge is 0.480 e. The van der Waals surface area contributed by atoms with Gasteiger partial charge < -0.3 is 10.4 Å². The van der Waals surface area contributed by atoms with Crippen molar-refractivity contribution >= 4 is 23.7 Å². The highest BCUT2D eigenvalue weighted by Crippen LogP contribution is 2.13. The second-order valence-corrected chi connectivity index (χ2v) is 5.88. The van der Waals surface area contributed by atoms with Crippen LogP contribution in [0.15, 0.2) is 0 Å². The van der Waals surface area contributed by atoms with E-state index in [1.807, 2.05) is 0 Å². The molecule has 0 aromatic rings. The summed E-state index contributed by atoms with van der Waals surface area (Å²) in [5.41, 5.74) is 0. The van der Waals surface area contributed by atoms with Gasteiger partial charge in [-0.3, -0.25) is 19.3 Å². The van der Waals surface area contributed by atoms with E-state index in [4.69, 9.17) is 5.11 Å². The van der Waals surface area contributed by atoms with Crippen molar-refractivity contribution in [3.63, 3.8) is 0 Å². The molecule has 0 aromatic carbocycles. The first-order valence-electron chi connectivity index (χ1n) is 7.68. The predicted molar refractivity (Wildman–Crippen MR) is 78.8 cm³/mol. The Morgan fingerprint density at radius 2 is 1.73 bits per heavy atom. The van der Waals surface area contributed by atoms with E-state index in [2.05, 4.69) is 5.32 Å². The molecule has 0 aliphatic carbocycles. The van der Waals surface area contributed by atoms with Crippen molar-refractivity contribution in [1.82, 2.24) is 10.2 Å². The Labute approximate surface area is 130 Å². The van der Waals surface area contributed by atoms with Crippen molar-refractivity contribution in [2.24, 2.45) is 5.92 Å². The maximum absolute atomic E-state index is 11.7. The van der Waals surface area contributed by atoms with Gasteiger partial charge in [-0.2, -0.15) is 0 Å². The average Bonchev–Trinajstić information content (AvgIpc) is 2.75. The van der Waals surface area contributed by atoms with E-state index in [0.717, 1.165) is 0 Å². The molecular weight excluding hydrogens is 288 g/mol. The molecule has 1 rings (SSSR count). The molecule has 7 nitrogen and oxygen atoms in total. The Bertz CT molecular complexity index is 431. The lowest BCUT2D eigenvalue weighted by Gasteiger charge is -2.18. The van der Waals surface area contributed by atoms with Gasteiger partial charge in [-0.1, -0.05) is 20.3 Å². The number of carboxylic acid groups (broad SMARTS) is 1. The van der Waals surface area contributed by atoms with Crippen molar-refractivity contribution in [1.29, 1.82) is 0 Å². The van der Waals surface area contributed by atoms with Crippen LogP contribution >= 0.6 is 0 Å². The van der Waals surface area contributed by atoms with E-state index in [1.54, 1.807) is 13.8 Å². The maximum Gasteiger partial charge on any atom is 0.326 e. The molecule has 0 aromatic heterocycles. The van der Waals surface area contributed by atoms with E-state index < -0.39 is 12.0 Å². The number of amides is 3. The molecule has 1 aliphatic heterocycles. The molecule has 7 heteroatoms. The lowest BCUT2D eigenvalue weighted by Crippen LogP contribution is -2.44. The number of imide groups is 1. The zero-order chi connectivity index (χ0) is 16.7.